The third-order valence-corrected chi connectivity index (χ3v) is 5.22. The smallest absolute Gasteiger partial charge is 0.334 e. The van der Waals surface area contributed by atoms with Crippen LogP contribution in [0.2, 0.25) is 0 Å². The van der Waals surface area contributed by atoms with Gasteiger partial charge in [-0.15, -0.1) is 0 Å². The molecule has 5 heteroatoms. The Kier molecular flexibility index (Phi) is 4.47. The minimum Gasteiger partial charge on any atom is -0.455 e. The quantitative estimate of drug-likeness (QED) is 0.545. The molecule has 0 radical (unpaired) electrons. The van der Waals surface area contributed by atoms with E-state index in [4.69, 9.17) is 9.47 Å². The van der Waals surface area contributed by atoms with Crippen molar-refractivity contribution in [3.8, 4) is 0 Å². The van der Waals surface area contributed by atoms with Crippen LogP contribution < -0.4 is 0 Å². The molecule has 5 nitrogen and oxygen atoms in total. The third-order valence-electron chi connectivity index (χ3n) is 5.22. The Morgan fingerprint density at radius 2 is 2.04 bits per heavy atom. The first kappa shape index (κ1) is 17.1. The van der Waals surface area contributed by atoms with Crippen molar-refractivity contribution in [2.75, 3.05) is 0 Å². The standard InChI is InChI=1S/C19H24O5/c1-11(2)12-4-5-13-7-15(23-18(13)22)9-19(3)10-16(21)17(24-19)8-14(20)6-12/h7,12,15,17H,1,4-6,8-10H2,2-3H3/t12-,15+,17+,19-/m1/s1. The number of carbonyl (C=O) groups excluding carboxylic acids is 3. The molecule has 0 saturated carbocycles. The summed E-state index contributed by atoms with van der Waals surface area (Å²) < 4.78 is 11.3. The van der Waals surface area contributed by atoms with Gasteiger partial charge in [0, 0.05) is 31.3 Å². The number of esters is 1. The van der Waals surface area contributed by atoms with Gasteiger partial charge in [-0.2, -0.15) is 0 Å². The molecule has 3 rings (SSSR count). The SMILES string of the molecule is C=C(C)[C@@H]1CCC2=C[C@@H](C[C@]3(C)CC(=O)[C@H](CC(=O)C1)O3)OC2=O. The molecule has 0 aromatic rings. The summed E-state index contributed by atoms with van der Waals surface area (Å²) in [4.78, 5) is 36.7. The second-order valence-corrected chi connectivity index (χ2v) is 7.57. The Balaban J connectivity index is 1.87. The van der Waals surface area contributed by atoms with Gasteiger partial charge in [0.2, 0.25) is 0 Å². The van der Waals surface area contributed by atoms with E-state index in [0.717, 1.165) is 5.57 Å². The maximum absolute atomic E-state index is 12.4. The van der Waals surface area contributed by atoms with Crippen LogP contribution >= 0.6 is 0 Å². The van der Waals surface area contributed by atoms with Crippen molar-refractivity contribution in [1.82, 2.24) is 0 Å². The topological polar surface area (TPSA) is 69.7 Å². The lowest BCUT2D eigenvalue weighted by molar-refractivity contribution is -0.143. The first-order valence-corrected chi connectivity index (χ1v) is 8.55. The summed E-state index contributed by atoms with van der Waals surface area (Å²) in [6, 6.07) is 0. The van der Waals surface area contributed by atoms with Gasteiger partial charge in [0.05, 0.1) is 5.60 Å². The Morgan fingerprint density at radius 3 is 2.75 bits per heavy atom. The van der Waals surface area contributed by atoms with Crippen molar-refractivity contribution >= 4 is 17.5 Å². The van der Waals surface area contributed by atoms with Crippen LogP contribution in [-0.2, 0) is 23.9 Å². The average molecular weight is 332 g/mol. The van der Waals surface area contributed by atoms with Crippen LogP contribution in [-0.4, -0.2) is 35.3 Å². The molecule has 3 aliphatic heterocycles. The molecule has 3 aliphatic rings. The van der Waals surface area contributed by atoms with Crippen molar-refractivity contribution in [3.05, 3.63) is 23.8 Å². The molecule has 0 amide bonds. The molecule has 0 aromatic carbocycles. The van der Waals surface area contributed by atoms with E-state index in [2.05, 4.69) is 6.58 Å². The highest BCUT2D eigenvalue weighted by molar-refractivity contribution is 5.92. The highest BCUT2D eigenvalue weighted by Crippen LogP contribution is 2.37. The second-order valence-electron chi connectivity index (χ2n) is 7.57. The van der Waals surface area contributed by atoms with E-state index in [1.165, 1.54) is 0 Å². The predicted molar refractivity (Wildman–Crippen MR) is 87.3 cm³/mol. The fourth-order valence-corrected chi connectivity index (χ4v) is 3.88. The summed E-state index contributed by atoms with van der Waals surface area (Å²) in [6.45, 7) is 7.72. The van der Waals surface area contributed by atoms with E-state index < -0.39 is 11.7 Å². The number of allylic oxidation sites excluding steroid dienone is 1. The zero-order valence-corrected chi connectivity index (χ0v) is 14.3. The molecule has 130 valence electrons. The molecule has 0 unspecified atom stereocenters. The van der Waals surface area contributed by atoms with Crippen molar-refractivity contribution in [2.45, 2.75) is 70.2 Å². The summed E-state index contributed by atoms with van der Waals surface area (Å²) in [5, 5.41) is 0. The van der Waals surface area contributed by atoms with Crippen molar-refractivity contribution < 1.29 is 23.9 Å². The van der Waals surface area contributed by atoms with Crippen molar-refractivity contribution in [3.63, 3.8) is 0 Å². The van der Waals surface area contributed by atoms with Crippen LogP contribution in [0.5, 0.6) is 0 Å². The van der Waals surface area contributed by atoms with Crippen LogP contribution in [0.15, 0.2) is 23.8 Å². The van der Waals surface area contributed by atoms with Gasteiger partial charge in [-0.25, -0.2) is 4.79 Å². The van der Waals surface area contributed by atoms with E-state index in [1.807, 2.05) is 19.9 Å². The zero-order chi connectivity index (χ0) is 17.5. The number of Topliss-reactive ketones (excluding diaryl/α,β-unsaturated/α-hetero) is 2. The lowest BCUT2D eigenvalue weighted by Gasteiger charge is -2.26. The van der Waals surface area contributed by atoms with Gasteiger partial charge in [0.25, 0.3) is 0 Å². The number of ether oxygens (including phenoxy) is 2. The molecule has 0 spiro atoms. The lowest BCUT2D eigenvalue weighted by atomic mass is 9.87. The summed E-state index contributed by atoms with van der Waals surface area (Å²) in [6.07, 6.45) is 3.26. The van der Waals surface area contributed by atoms with Crippen LogP contribution in [0.4, 0.5) is 0 Å². The van der Waals surface area contributed by atoms with E-state index in [-0.39, 0.29) is 42.4 Å². The highest BCUT2D eigenvalue weighted by Gasteiger charge is 2.45. The summed E-state index contributed by atoms with van der Waals surface area (Å²) in [7, 11) is 0. The maximum atomic E-state index is 12.4. The summed E-state index contributed by atoms with van der Waals surface area (Å²) >= 11 is 0. The number of fused-ring (bicyclic) bond motifs is 3. The largest absolute Gasteiger partial charge is 0.455 e. The Morgan fingerprint density at radius 1 is 1.29 bits per heavy atom. The average Bonchev–Trinajstić information content (AvgIpc) is 2.93. The first-order chi connectivity index (χ1) is 11.3. The Bertz CT molecular complexity index is 632. The first-order valence-electron chi connectivity index (χ1n) is 8.55. The normalized spacial score (nSPS) is 37.2. The molecule has 4 bridgehead atoms. The number of hydrogen-bond acceptors (Lipinski definition) is 5. The second kappa shape index (κ2) is 6.28. The van der Waals surface area contributed by atoms with Crippen LogP contribution in [0.1, 0.15) is 52.4 Å². The summed E-state index contributed by atoms with van der Waals surface area (Å²) in [5.74, 6) is -0.308. The minimum atomic E-state index is -0.680. The van der Waals surface area contributed by atoms with E-state index >= 15 is 0 Å². The molecule has 4 atom stereocenters. The highest BCUT2D eigenvalue weighted by atomic mass is 16.6. The van der Waals surface area contributed by atoms with E-state index in [0.29, 0.717) is 31.3 Å². The van der Waals surface area contributed by atoms with Crippen LogP contribution in [0.25, 0.3) is 0 Å². The maximum Gasteiger partial charge on any atom is 0.334 e. The molecular weight excluding hydrogens is 308 g/mol. The number of rotatable bonds is 1. The van der Waals surface area contributed by atoms with E-state index in [1.54, 1.807) is 0 Å². The Labute approximate surface area is 142 Å². The van der Waals surface area contributed by atoms with Crippen LogP contribution in [0.3, 0.4) is 0 Å². The monoisotopic (exact) mass is 332 g/mol. The zero-order valence-electron chi connectivity index (χ0n) is 14.3. The van der Waals surface area contributed by atoms with Gasteiger partial charge < -0.3 is 9.47 Å². The van der Waals surface area contributed by atoms with Crippen LogP contribution in [0, 0.1) is 5.92 Å². The fourth-order valence-electron chi connectivity index (χ4n) is 3.88. The summed E-state index contributed by atoms with van der Waals surface area (Å²) in [5.41, 5.74) is 0.897. The molecule has 0 N–H and O–H groups in total. The van der Waals surface area contributed by atoms with Gasteiger partial charge in [0.15, 0.2) is 5.78 Å². The molecule has 0 aromatic heterocycles. The molecule has 24 heavy (non-hydrogen) atoms. The predicted octanol–water partition coefficient (Wildman–Crippen LogP) is 2.68. The van der Waals surface area contributed by atoms with Crippen molar-refractivity contribution in [2.24, 2.45) is 5.92 Å². The number of hydrogen-bond donors (Lipinski definition) is 0. The number of carbonyl (C=O) groups is 3. The van der Waals surface area contributed by atoms with E-state index in [9.17, 15) is 14.4 Å². The molecule has 3 heterocycles. The fraction of sp³-hybridized carbons (Fsp3) is 0.632. The molecular formula is C19H24O5. The number of ketones is 2. The van der Waals surface area contributed by atoms with Gasteiger partial charge in [-0.05, 0) is 38.7 Å². The lowest BCUT2D eigenvalue weighted by Crippen LogP contribution is -2.31. The Hall–Kier alpha value is -1.75. The van der Waals surface area contributed by atoms with Gasteiger partial charge in [-0.3, -0.25) is 9.59 Å². The third kappa shape index (κ3) is 3.51. The van der Waals surface area contributed by atoms with Gasteiger partial charge in [0.1, 0.15) is 18.0 Å². The molecule has 0 aliphatic carbocycles. The van der Waals surface area contributed by atoms with Crippen molar-refractivity contribution in [1.29, 1.82) is 0 Å². The minimum absolute atomic E-state index is 0.00823. The van der Waals surface area contributed by atoms with Gasteiger partial charge >= 0.3 is 5.97 Å². The van der Waals surface area contributed by atoms with Gasteiger partial charge in [-0.1, -0.05) is 12.2 Å². The molecule has 1 saturated heterocycles. The molecule has 1 fully saturated rings.